The van der Waals surface area contributed by atoms with Gasteiger partial charge in [0.05, 0.1) is 13.5 Å². The summed E-state index contributed by atoms with van der Waals surface area (Å²) in [6.45, 7) is 0. The van der Waals surface area contributed by atoms with Crippen LogP contribution >= 0.6 is 11.3 Å². The number of carbonyl (C=O) groups excluding carboxylic acids is 1. The second-order valence-electron chi connectivity index (χ2n) is 3.37. The molecule has 16 heavy (non-hydrogen) atoms. The van der Waals surface area contributed by atoms with Gasteiger partial charge in [-0.1, -0.05) is 30.4 Å². The van der Waals surface area contributed by atoms with Gasteiger partial charge in [-0.2, -0.15) is 0 Å². The minimum Gasteiger partial charge on any atom is -0.469 e. The minimum absolute atomic E-state index is 0.213. The Morgan fingerprint density at radius 3 is 3.12 bits per heavy atom. The highest BCUT2D eigenvalue weighted by molar-refractivity contribution is 7.17. The molecule has 0 saturated heterocycles. The summed E-state index contributed by atoms with van der Waals surface area (Å²) in [5.74, 6) is -0.213. The topological polar surface area (TPSA) is 26.3 Å². The first kappa shape index (κ1) is 10.9. The van der Waals surface area contributed by atoms with Gasteiger partial charge in [0, 0.05) is 4.70 Å². The third kappa shape index (κ3) is 2.31. The number of carbonyl (C=O) groups is 1. The molecule has 0 aliphatic rings. The summed E-state index contributed by atoms with van der Waals surface area (Å²) in [4.78, 5) is 10.9. The van der Waals surface area contributed by atoms with Crippen molar-refractivity contribution in [2.45, 2.75) is 6.42 Å². The number of methoxy groups -OCH3 is 1. The lowest BCUT2D eigenvalue weighted by atomic mass is 10.1. The third-order valence-electron chi connectivity index (χ3n) is 2.32. The maximum absolute atomic E-state index is 10.9. The van der Waals surface area contributed by atoms with E-state index in [2.05, 4.69) is 22.2 Å². The summed E-state index contributed by atoms with van der Waals surface area (Å²) in [6.07, 6.45) is 4.12. The fourth-order valence-electron chi connectivity index (χ4n) is 1.51. The lowest BCUT2D eigenvalue weighted by molar-refractivity contribution is -0.139. The number of esters is 1. The molecular weight excluding hydrogens is 220 g/mol. The molecule has 0 amide bonds. The normalized spacial score (nSPS) is 11.1. The number of benzene rings is 1. The molecule has 0 spiro atoms. The Hall–Kier alpha value is -1.61. The van der Waals surface area contributed by atoms with E-state index < -0.39 is 0 Å². The van der Waals surface area contributed by atoms with Gasteiger partial charge in [-0.3, -0.25) is 4.79 Å². The fraction of sp³-hybridized carbons (Fsp3) is 0.154. The molecular formula is C13H12O2S. The maximum Gasteiger partial charge on any atom is 0.309 e. The van der Waals surface area contributed by atoms with Crippen LogP contribution in [0.25, 0.3) is 16.2 Å². The molecule has 0 fully saturated rings. The van der Waals surface area contributed by atoms with E-state index in [1.54, 1.807) is 11.3 Å². The van der Waals surface area contributed by atoms with E-state index in [4.69, 9.17) is 0 Å². The van der Waals surface area contributed by atoms with Crippen LogP contribution in [0.3, 0.4) is 0 Å². The third-order valence-corrected chi connectivity index (χ3v) is 3.30. The van der Waals surface area contributed by atoms with Crippen LogP contribution in [-0.4, -0.2) is 13.1 Å². The van der Waals surface area contributed by atoms with E-state index in [0.29, 0.717) is 6.42 Å². The molecule has 3 heteroatoms. The number of thiophene rings is 1. The zero-order chi connectivity index (χ0) is 11.4. The Balaban J connectivity index is 2.20. The summed E-state index contributed by atoms with van der Waals surface area (Å²) in [6, 6.07) is 8.25. The van der Waals surface area contributed by atoms with Crippen molar-refractivity contribution in [2.24, 2.45) is 0 Å². The second kappa shape index (κ2) is 4.94. The molecule has 0 bridgehead atoms. The molecule has 0 N–H and O–H groups in total. The van der Waals surface area contributed by atoms with E-state index in [1.165, 1.54) is 17.2 Å². The van der Waals surface area contributed by atoms with Crippen LogP contribution in [-0.2, 0) is 9.53 Å². The summed E-state index contributed by atoms with van der Waals surface area (Å²) in [5, 5.41) is 3.31. The number of ether oxygens (including phenoxy) is 1. The maximum atomic E-state index is 10.9. The van der Waals surface area contributed by atoms with Crippen molar-refractivity contribution in [2.75, 3.05) is 7.11 Å². The van der Waals surface area contributed by atoms with Gasteiger partial charge in [0.1, 0.15) is 0 Å². The number of hydrogen-bond donors (Lipinski definition) is 0. The largest absolute Gasteiger partial charge is 0.469 e. The predicted molar refractivity (Wildman–Crippen MR) is 67.5 cm³/mol. The number of rotatable bonds is 3. The monoisotopic (exact) mass is 232 g/mol. The zero-order valence-electron chi connectivity index (χ0n) is 8.97. The highest BCUT2D eigenvalue weighted by Gasteiger charge is 1.99. The molecule has 1 aromatic heterocycles. The quantitative estimate of drug-likeness (QED) is 0.757. The molecule has 0 atom stereocenters. The standard InChI is InChI=1S/C13H12O2S/c1-15-12(14)7-3-6-10-4-2-5-11-8-9-16-13(10)11/h2-6,8-9H,7H2,1H3. The second-order valence-corrected chi connectivity index (χ2v) is 4.28. The molecule has 0 aliphatic heterocycles. The van der Waals surface area contributed by atoms with Crippen molar-refractivity contribution in [3.8, 4) is 0 Å². The van der Waals surface area contributed by atoms with Crippen molar-refractivity contribution >= 4 is 33.5 Å². The average Bonchev–Trinajstić information content (AvgIpc) is 2.77. The van der Waals surface area contributed by atoms with Crippen LogP contribution in [0.2, 0.25) is 0 Å². The van der Waals surface area contributed by atoms with Gasteiger partial charge in [-0.25, -0.2) is 0 Å². The Morgan fingerprint density at radius 2 is 2.31 bits per heavy atom. The van der Waals surface area contributed by atoms with E-state index in [1.807, 2.05) is 24.3 Å². The van der Waals surface area contributed by atoms with Crippen molar-refractivity contribution in [1.29, 1.82) is 0 Å². The van der Waals surface area contributed by atoms with Crippen LogP contribution in [0.1, 0.15) is 12.0 Å². The van der Waals surface area contributed by atoms with E-state index in [0.717, 1.165) is 5.56 Å². The SMILES string of the molecule is COC(=O)CC=Cc1cccc2ccsc12. The summed E-state index contributed by atoms with van der Waals surface area (Å²) >= 11 is 1.71. The molecule has 82 valence electrons. The Kier molecular flexibility index (Phi) is 3.37. The Labute approximate surface area is 98.2 Å². The van der Waals surface area contributed by atoms with Crippen molar-refractivity contribution in [3.05, 3.63) is 41.3 Å². The Morgan fingerprint density at radius 1 is 1.44 bits per heavy atom. The zero-order valence-corrected chi connectivity index (χ0v) is 9.79. The van der Waals surface area contributed by atoms with Gasteiger partial charge in [0.25, 0.3) is 0 Å². The minimum atomic E-state index is -0.213. The van der Waals surface area contributed by atoms with Gasteiger partial charge in [0.2, 0.25) is 0 Å². The predicted octanol–water partition coefficient (Wildman–Crippen LogP) is 3.48. The van der Waals surface area contributed by atoms with Crippen LogP contribution in [0.15, 0.2) is 35.7 Å². The van der Waals surface area contributed by atoms with Gasteiger partial charge >= 0.3 is 5.97 Å². The van der Waals surface area contributed by atoms with Crippen LogP contribution in [0.5, 0.6) is 0 Å². The van der Waals surface area contributed by atoms with Crippen LogP contribution in [0, 0.1) is 0 Å². The average molecular weight is 232 g/mol. The fourth-order valence-corrected chi connectivity index (χ4v) is 2.41. The van der Waals surface area contributed by atoms with E-state index >= 15 is 0 Å². The van der Waals surface area contributed by atoms with Crippen LogP contribution < -0.4 is 0 Å². The van der Waals surface area contributed by atoms with Crippen molar-refractivity contribution in [3.63, 3.8) is 0 Å². The number of hydrogen-bond acceptors (Lipinski definition) is 3. The Bertz CT molecular complexity index is 525. The van der Waals surface area contributed by atoms with E-state index in [-0.39, 0.29) is 5.97 Å². The summed E-state index contributed by atoms with van der Waals surface area (Å²) < 4.78 is 5.83. The molecule has 2 aromatic rings. The van der Waals surface area contributed by atoms with Crippen LogP contribution in [0.4, 0.5) is 0 Å². The highest BCUT2D eigenvalue weighted by Crippen LogP contribution is 2.25. The van der Waals surface area contributed by atoms with Gasteiger partial charge in [-0.15, -0.1) is 11.3 Å². The molecule has 0 saturated carbocycles. The molecule has 2 rings (SSSR count). The van der Waals surface area contributed by atoms with E-state index in [9.17, 15) is 4.79 Å². The molecule has 0 aliphatic carbocycles. The molecule has 0 unspecified atom stereocenters. The first-order valence-electron chi connectivity index (χ1n) is 5.01. The van der Waals surface area contributed by atoms with Crippen molar-refractivity contribution in [1.82, 2.24) is 0 Å². The first-order valence-corrected chi connectivity index (χ1v) is 5.89. The lowest BCUT2D eigenvalue weighted by Gasteiger charge is -1.96. The smallest absolute Gasteiger partial charge is 0.309 e. The lowest BCUT2D eigenvalue weighted by Crippen LogP contribution is -1.96. The molecule has 2 nitrogen and oxygen atoms in total. The highest BCUT2D eigenvalue weighted by atomic mass is 32.1. The summed E-state index contributed by atoms with van der Waals surface area (Å²) in [5.41, 5.74) is 1.15. The van der Waals surface area contributed by atoms with Gasteiger partial charge < -0.3 is 4.74 Å². The first-order chi connectivity index (χ1) is 7.81. The van der Waals surface area contributed by atoms with Crippen molar-refractivity contribution < 1.29 is 9.53 Å². The molecule has 0 radical (unpaired) electrons. The van der Waals surface area contributed by atoms with Gasteiger partial charge in [0.15, 0.2) is 0 Å². The summed E-state index contributed by atoms with van der Waals surface area (Å²) in [7, 11) is 1.40. The molecule has 1 aromatic carbocycles. The van der Waals surface area contributed by atoms with Gasteiger partial charge in [-0.05, 0) is 22.4 Å². The number of fused-ring (bicyclic) bond motifs is 1. The molecule has 1 heterocycles.